The molecule has 0 saturated heterocycles. The van der Waals surface area contributed by atoms with Crippen molar-refractivity contribution in [2.24, 2.45) is 5.84 Å². The number of carbonyl (C=O) groups excluding carboxylic acids is 1. The van der Waals surface area contributed by atoms with E-state index in [1.54, 1.807) is 39.1 Å². The predicted molar refractivity (Wildman–Crippen MR) is 135 cm³/mol. The molecule has 0 aliphatic heterocycles. The lowest BCUT2D eigenvalue weighted by molar-refractivity contribution is -0.137. The van der Waals surface area contributed by atoms with E-state index in [1.807, 2.05) is 0 Å². The maximum absolute atomic E-state index is 13.7. The second-order valence-corrected chi connectivity index (χ2v) is 8.09. The number of aryl methyl sites for hydroxylation is 1. The van der Waals surface area contributed by atoms with Gasteiger partial charge in [-0.1, -0.05) is 18.2 Å². The molecule has 0 bridgehead atoms. The molecule has 12 heteroatoms. The highest BCUT2D eigenvalue weighted by atomic mass is 19.4. The van der Waals surface area contributed by atoms with Crippen molar-refractivity contribution in [2.75, 3.05) is 28.0 Å². The Balaban J connectivity index is 1.89. The van der Waals surface area contributed by atoms with E-state index >= 15 is 0 Å². The second-order valence-electron chi connectivity index (χ2n) is 8.09. The molecule has 0 aliphatic carbocycles. The lowest BCUT2D eigenvalue weighted by atomic mass is 10.1. The summed E-state index contributed by atoms with van der Waals surface area (Å²) < 4.78 is 52.8. The smallest absolute Gasteiger partial charge is 0.373 e. The molecule has 0 radical (unpaired) electrons. The molecule has 0 atom stereocenters. The van der Waals surface area contributed by atoms with Gasteiger partial charge in [-0.15, -0.1) is 0 Å². The lowest BCUT2D eigenvalue weighted by Gasteiger charge is -2.24. The maximum Gasteiger partial charge on any atom is 0.416 e. The molecule has 37 heavy (non-hydrogen) atoms. The van der Waals surface area contributed by atoms with E-state index in [2.05, 4.69) is 32.5 Å². The van der Waals surface area contributed by atoms with Crippen molar-refractivity contribution in [3.63, 3.8) is 0 Å². The Labute approximate surface area is 210 Å². The number of allylic oxidation sites excluding steroid dienone is 2. The van der Waals surface area contributed by atoms with Gasteiger partial charge in [0.2, 0.25) is 0 Å². The first-order valence-electron chi connectivity index (χ1n) is 10.9. The Morgan fingerprint density at radius 1 is 1.11 bits per heavy atom. The van der Waals surface area contributed by atoms with Crippen molar-refractivity contribution < 1.29 is 22.4 Å². The third-order valence-electron chi connectivity index (χ3n) is 5.04. The average molecular weight is 516 g/mol. The summed E-state index contributed by atoms with van der Waals surface area (Å²) in [4.78, 5) is 21.0. The van der Waals surface area contributed by atoms with E-state index < -0.39 is 23.5 Å². The number of benzene rings is 2. The van der Waals surface area contributed by atoms with Gasteiger partial charge in [0.05, 0.1) is 5.56 Å². The van der Waals surface area contributed by atoms with Gasteiger partial charge < -0.3 is 16.0 Å². The van der Waals surface area contributed by atoms with Gasteiger partial charge in [-0.3, -0.25) is 4.79 Å². The number of anilines is 4. The van der Waals surface area contributed by atoms with E-state index in [1.165, 1.54) is 23.5 Å². The number of rotatable bonds is 8. The molecule has 0 spiro atoms. The number of halogens is 4. The maximum atomic E-state index is 13.7. The molecule has 0 unspecified atom stereocenters. The van der Waals surface area contributed by atoms with Crippen LogP contribution >= 0.6 is 0 Å². The van der Waals surface area contributed by atoms with Crippen LogP contribution in [0.1, 0.15) is 28.4 Å². The Morgan fingerprint density at radius 2 is 1.84 bits per heavy atom. The topological polar surface area (TPSA) is 108 Å². The van der Waals surface area contributed by atoms with Gasteiger partial charge in [0.15, 0.2) is 5.82 Å². The first-order chi connectivity index (χ1) is 17.4. The third-order valence-corrected chi connectivity index (χ3v) is 5.04. The van der Waals surface area contributed by atoms with E-state index in [-0.39, 0.29) is 11.3 Å². The summed E-state index contributed by atoms with van der Waals surface area (Å²) in [5, 5.41) is 9.62. The number of hydrogen-bond donors (Lipinski definition) is 4. The first kappa shape index (κ1) is 27.1. The molecular formula is C25H25F4N7O. The molecule has 0 aliphatic rings. The molecule has 0 saturated carbocycles. The Bertz CT molecular complexity index is 1360. The van der Waals surface area contributed by atoms with E-state index in [9.17, 15) is 22.4 Å². The van der Waals surface area contributed by atoms with Crippen LogP contribution in [0, 0.1) is 12.7 Å². The highest BCUT2D eigenvalue weighted by Crippen LogP contribution is 2.32. The van der Waals surface area contributed by atoms with Gasteiger partial charge in [-0.05, 0) is 55.8 Å². The molecule has 8 nitrogen and oxygen atoms in total. The summed E-state index contributed by atoms with van der Waals surface area (Å²) in [6.45, 7) is 7.42. The normalized spacial score (nSPS) is 11.6. The number of hydrazine groups is 1. The van der Waals surface area contributed by atoms with Crippen molar-refractivity contribution in [1.82, 2.24) is 9.97 Å². The fraction of sp³-hybridized carbons (Fsp3) is 0.160. The monoisotopic (exact) mass is 515 g/mol. The minimum Gasteiger partial charge on any atom is -0.373 e. The number of aromatic nitrogens is 2. The van der Waals surface area contributed by atoms with Crippen molar-refractivity contribution in [1.29, 1.82) is 0 Å². The Morgan fingerprint density at radius 3 is 2.49 bits per heavy atom. The van der Waals surface area contributed by atoms with Crippen LogP contribution < -0.4 is 26.8 Å². The first-order valence-corrected chi connectivity index (χ1v) is 10.9. The van der Waals surface area contributed by atoms with Gasteiger partial charge in [-0.2, -0.15) is 13.2 Å². The van der Waals surface area contributed by atoms with Gasteiger partial charge in [0, 0.05) is 30.1 Å². The highest BCUT2D eigenvalue weighted by Gasteiger charge is 2.31. The summed E-state index contributed by atoms with van der Waals surface area (Å²) in [7, 11) is 1.70. The van der Waals surface area contributed by atoms with Crippen molar-refractivity contribution in [3.8, 4) is 0 Å². The van der Waals surface area contributed by atoms with Crippen molar-refractivity contribution in [2.45, 2.75) is 20.0 Å². The van der Waals surface area contributed by atoms with Crippen LogP contribution in [0.2, 0.25) is 0 Å². The van der Waals surface area contributed by atoms with E-state index in [4.69, 9.17) is 5.84 Å². The molecular weight excluding hydrogens is 490 g/mol. The molecule has 5 N–H and O–H groups in total. The molecule has 1 aromatic heterocycles. The van der Waals surface area contributed by atoms with Crippen LogP contribution in [0.25, 0.3) is 0 Å². The molecule has 1 heterocycles. The quantitative estimate of drug-likeness (QED) is 0.137. The molecule has 0 fully saturated rings. The number of nitrogens with one attached hydrogen (secondary N) is 3. The zero-order valence-electron chi connectivity index (χ0n) is 20.2. The third kappa shape index (κ3) is 7.04. The van der Waals surface area contributed by atoms with Crippen molar-refractivity contribution >= 4 is 28.9 Å². The van der Waals surface area contributed by atoms with Gasteiger partial charge in [-0.25, -0.2) is 25.2 Å². The number of carbonyl (C=O) groups is 1. The number of hydrogen-bond acceptors (Lipinski definition) is 7. The number of alkyl halides is 3. The van der Waals surface area contributed by atoms with E-state index in [0.29, 0.717) is 40.8 Å². The zero-order valence-corrected chi connectivity index (χ0v) is 20.2. The minimum absolute atomic E-state index is 0.115. The number of nitrogens with zero attached hydrogens (tertiary/aromatic N) is 3. The van der Waals surface area contributed by atoms with Gasteiger partial charge in [0.25, 0.3) is 5.91 Å². The van der Waals surface area contributed by atoms with Crippen LogP contribution in [-0.4, -0.2) is 22.9 Å². The number of amides is 1. The van der Waals surface area contributed by atoms with Crippen LogP contribution in [0.5, 0.6) is 0 Å². The summed E-state index contributed by atoms with van der Waals surface area (Å²) in [5.74, 6) is 5.72. The summed E-state index contributed by atoms with van der Waals surface area (Å²) in [6, 6.07) is 8.08. The largest absolute Gasteiger partial charge is 0.416 e. The fourth-order valence-electron chi connectivity index (χ4n) is 3.20. The van der Waals surface area contributed by atoms with Crippen LogP contribution in [-0.2, 0) is 6.18 Å². The molecule has 2 aromatic carbocycles. The molecule has 3 aromatic rings. The molecule has 3 rings (SSSR count). The average Bonchev–Trinajstić information content (AvgIpc) is 2.83. The lowest BCUT2D eigenvalue weighted by Crippen LogP contribution is -2.34. The van der Waals surface area contributed by atoms with Crippen LogP contribution in [0.3, 0.4) is 0 Å². The minimum atomic E-state index is -4.76. The summed E-state index contributed by atoms with van der Waals surface area (Å²) in [5.41, 5.74) is 0.461. The fourth-order valence-corrected chi connectivity index (χ4v) is 3.20. The Hall–Kier alpha value is -4.45. The molecule has 1 amide bonds. The number of nitrogens with two attached hydrogens (primary N) is 1. The van der Waals surface area contributed by atoms with Gasteiger partial charge in [0.1, 0.15) is 23.8 Å². The van der Waals surface area contributed by atoms with Crippen LogP contribution in [0.4, 0.5) is 40.6 Å². The van der Waals surface area contributed by atoms with Crippen LogP contribution in [0.15, 0.2) is 72.8 Å². The molecule has 194 valence electrons. The van der Waals surface area contributed by atoms with Gasteiger partial charge >= 0.3 is 6.18 Å². The summed E-state index contributed by atoms with van der Waals surface area (Å²) >= 11 is 0. The second kappa shape index (κ2) is 11.1. The van der Waals surface area contributed by atoms with E-state index in [0.717, 1.165) is 11.6 Å². The zero-order chi connectivity index (χ0) is 27.3. The van der Waals surface area contributed by atoms with Crippen molar-refractivity contribution in [3.05, 3.63) is 95.3 Å². The summed E-state index contributed by atoms with van der Waals surface area (Å²) in [6.07, 6.45) is -1.76. The highest BCUT2D eigenvalue weighted by molar-refractivity contribution is 6.05. The standard InChI is InChI=1S/C25H25F4N7O/c1-14(2)7-23(36(30)22-12-21(31-4)32-13-33-22)35-20-8-16(6-5-15(20)3)24(37)34-19-10-17(25(27,28)29)9-18(26)11-19/h5-13,35H,1,30H2,2-4H3,(H,34,37)(H,31,32,33)/b23-7-. The predicted octanol–water partition coefficient (Wildman–Crippen LogP) is 5.45. The Kier molecular flexibility index (Phi) is 8.13. The SMILES string of the molecule is C=C(C)/C=C(/Nc1cc(C(=O)Nc2cc(F)cc(C(F)(F)F)c2)ccc1C)N(N)c1cc(NC)ncn1.